The van der Waals surface area contributed by atoms with Crippen molar-refractivity contribution < 1.29 is 70.7 Å². The molecule has 2 heterocycles. The molecule has 2 aliphatic heterocycles. The molecule has 24 nitrogen and oxygen atoms in total. The number of alkyl halides is 3. The molecule has 3 N–H and O–H groups in total. The molecular weight excluding hydrogens is 1350 g/mol. The van der Waals surface area contributed by atoms with Crippen LogP contribution in [0.1, 0.15) is 154 Å². The summed E-state index contributed by atoms with van der Waals surface area (Å²) in [7, 11) is 11.0. The number of carbonyl (C=O) groups is 12. The van der Waals surface area contributed by atoms with Crippen LogP contribution >= 0.6 is 23.2 Å². The molecule has 6 rings (SSSR count). The van der Waals surface area contributed by atoms with Crippen molar-refractivity contribution in [3.05, 3.63) is 69.2 Å². The van der Waals surface area contributed by atoms with Crippen molar-refractivity contribution in [1.82, 2.24) is 60.0 Å². The van der Waals surface area contributed by atoms with Gasteiger partial charge in [0.2, 0.25) is 70.9 Å². The summed E-state index contributed by atoms with van der Waals surface area (Å²) in [5.41, 5.74) is -2.14. The summed E-state index contributed by atoms with van der Waals surface area (Å²) in [6, 6.07) is 0.199. The quantitative estimate of drug-likeness (QED) is 0.227. The summed E-state index contributed by atoms with van der Waals surface area (Å²) in [4.78, 5) is 189. The van der Waals surface area contributed by atoms with Crippen molar-refractivity contribution in [1.29, 1.82) is 0 Å². The average molecular weight is 1460 g/mol. The minimum absolute atomic E-state index is 0.00638. The van der Waals surface area contributed by atoms with Crippen molar-refractivity contribution in [3.63, 3.8) is 0 Å². The first kappa shape index (κ1) is 82.4. The molecule has 0 unspecified atom stereocenters. The van der Waals surface area contributed by atoms with Crippen LogP contribution in [0, 0.1) is 17.8 Å². The van der Waals surface area contributed by atoms with Gasteiger partial charge in [0.25, 0.3) is 0 Å². The van der Waals surface area contributed by atoms with Gasteiger partial charge >= 0.3 is 6.18 Å². The number of piperidine rings is 1. The Labute approximate surface area is 602 Å². The van der Waals surface area contributed by atoms with Gasteiger partial charge in [-0.3, -0.25) is 57.5 Å². The smallest absolute Gasteiger partial charge is 0.343 e. The molecule has 0 bridgehead atoms. The largest absolute Gasteiger partial charge is 0.417 e. The lowest BCUT2D eigenvalue weighted by molar-refractivity contribution is -0.156. The molecule has 2 aromatic carbocycles. The Morgan fingerprint density at radius 2 is 1.23 bits per heavy atom. The van der Waals surface area contributed by atoms with Crippen molar-refractivity contribution in [3.8, 4) is 0 Å². The minimum atomic E-state index is -4.79. The highest BCUT2D eigenvalue weighted by atomic mass is 35.5. The van der Waals surface area contributed by atoms with Crippen LogP contribution < -0.4 is 16.0 Å². The number of halogens is 5. The molecule has 2 aliphatic carbocycles. The molecule has 2 saturated carbocycles. The number of carbonyl (C=O) groups excluding carboxylic acids is 12. The zero-order valence-electron chi connectivity index (χ0n) is 60.9. The minimum Gasteiger partial charge on any atom is -0.343 e. The van der Waals surface area contributed by atoms with Crippen molar-refractivity contribution in [2.24, 2.45) is 17.8 Å². The average Bonchev–Trinajstić information content (AvgIpc) is 1.76. The van der Waals surface area contributed by atoms with E-state index in [2.05, 4.69) is 16.0 Å². The van der Waals surface area contributed by atoms with Crippen molar-refractivity contribution in [2.45, 2.75) is 204 Å². The highest BCUT2D eigenvalue weighted by Crippen LogP contribution is 2.37. The van der Waals surface area contributed by atoms with Crippen LogP contribution in [-0.4, -0.2) is 252 Å². The maximum absolute atomic E-state index is 15.6. The number of hydrogen-bond donors (Lipinski definition) is 3. The first-order chi connectivity index (χ1) is 47.4. The van der Waals surface area contributed by atoms with Gasteiger partial charge in [-0.05, 0) is 105 Å². The van der Waals surface area contributed by atoms with Gasteiger partial charge in [0, 0.05) is 80.9 Å². The maximum Gasteiger partial charge on any atom is 0.417 e. The van der Waals surface area contributed by atoms with Crippen LogP contribution in [0.3, 0.4) is 0 Å². The molecule has 4 aliphatic rings. The molecule has 1 spiro atoms. The number of amides is 12. The molecule has 0 radical (unpaired) electrons. The monoisotopic (exact) mass is 1460 g/mol. The molecule has 0 aromatic heterocycles. The van der Waals surface area contributed by atoms with Crippen LogP contribution in [0.25, 0.3) is 0 Å². The van der Waals surface area contributed by atoms with E-state index in [0.717, 1.165) is 80.1 Å². The fraction of sp³-hybridized carbons (Fsp3) is 0.667. The van der Waals surface area contributed by atoms with E-state index >= 15 is 19.2 Å². The first-order valence-corrected chi connectivity index (χ1v) is 36.1. The summed E-state index contributed by atoms with van der Waals surface area (Å²) in [6.07, 6.45) is 1.98. The Hall–Kier alpha value is -7.55. The number of nitrogens with zero attached hydrogens (tertiary/aromatic N) is 9. The maximum atomic E-state index is 15.6. The highest BCUT2D eigenvalue weighted by molar-refractivity contribution is 6.31. The predicted octanol–water partition coefficient (Wildman–Crippen LogP) is 6.20. The number of aryl methyl sites for hydroxylation is 1. The number of likely N-dealkylation sites (N-methyl/N-ethyl adjacent to an activating group) is 8. The fourth-order valence-electron chi connectivity index (χ4n) is 14.1. The van der Waals surface area contributed by atoms with Gasteiger partial charge in [0.1, 0.15) is 47.8 Å². The molecule has 101 heavy (non-hydrogen) atoms. The second-order valence-corrected chi connectivity index (χ2v) is 29.4. The number of rotatable bonds is 11. The van der Waals surface area contributed by atoms with E-state index in [-0.39, 0.29) is 55.0 Å². The normalized spacial score (nSPS) is 25.1. The SMILES string of the molecule is CC[C@H](C)[C@@H]1NC(=O)[C@H](C)N(C)C(=O)C[C@@H](C(=O)N2CCCCC2)N(C)C(=O)[C@H](C(C)C)N(C)C(=O)C2(CCCC2)NC(=O)[C@H](Cc2ccccc2Cl)N(C)C(=O)[C@H](CCc2ccc(C(F)(F)F)c(Cl)c2)NC(=O)CN(C)C(=O)[C@H](CC2CCCCC2)N(C)C(=O)CN(C)C(=O)CN(C)C1=O. The Morgan fingerprint density at radius 1 is 0.624 bits per heavy atom. The van der Waals surface area contributed by atoms with E-state index in [1.54, 1.807) is 56.9 Å². The summed E-state index contributed by atoms with van der Waals surface area (Å²) in [5, 5.41) is 8.14. The van der Waals surface area contributed by atoms with Gasteiger partial charge < -0.3 is 60.0 Å². The second kappa shape index (κ2) is 36.5. The summed E-state index contributed by atoms with van der Waals surface area (Å²) < 4.78 is 41.8. The molecule has 12 amide bonds. The van der Waals surface area contributed by atoms with Gasteiger partial charge in [-0.2, -0.15) is 13.2 Å². The predicted molar refractivity (Wildman–Crippen MR) is 375 cm³/mol. The molecule has 29 heteroatoms. The molecule has 8 atom stereocenters. The third kappa shape index (κ3) is 21.1. The van der Waals surface area contributed by atoms with Gasteiger partial charge in [-0.25, -0.2) is 0 Å². The van der Waals surface area contributed by atoms with E-state index in [1.807, 2.05) is 0 Å². The second-order valence-electron chi connectivity index (χ2n) is 28.6. The van der Waals surface area contributed by atoms with Crippen molar-refractivity contribution in [2.75, 3.05) is 89.1 Å². The van der Waals surface area contributed by atoms with Gasteiger partial charge in [0.05, 0.1) is 36.6 Å². The number of hydrogen-bond acceptors (Lipinski definition) is 12. The number of benzene rings is 2. The third-order valence-electron chi connectivity index (χ3n) is 21.0. The van der Waals surface area contributed by atoms with Gasteiger partial charge in [-0.15, -0.1) is 0 Å². The van der Waals surface area contributed by atoms with Crippen LogP contribution in [0.15, 0.2) is 42.5 Å². The Kier molecular flexibility index (Phi) is 29.8. The van der Waals surface area contributed by atoms with E-state index in [0.29, 0.717) is 50.8 Å². The van der Waals surface area contributed by atoms with E-state index in [4.69, 9.17) is 23.2 Å². The Bertz CT molecular complexity index is 3330. The number of nitrogens with one attached hydrogen (secondary N) is 3. The van der Waals surface area contributed by atoms with E-state index < -0.39 is 173 Å². The van der Waals surface area contributed by atoms with E-state index in [9.17, 15) is 51.5 Å². The zero-order valence-corrected chi connectivity index (χ0v) is 62.4. The lowest BCUT2D eigenvalue weighted by Gasteiger charge is -2.42. The molecular formula is C72H105Cl2F3N12O12. The summed E-state index contributed by atoms with van der Waals surface area (Å²) in [5.74, 6) is -9.71. The third-order valence-corrected chi connectivity index (χ3v) is 21.7. The zero-order chi connectivity index (χ0) is 75.1. The fourth-order valence-corrected chi connectivity index (χ4v) is 14.7. The number of likely N-dealkylation sites (tertiary alicyclic amines) is 1. The Balaban J connectivity index is 1.46. The summed E-state index contributed by atoms with van der Waals surface area (Å²) in [6.45, 7) is 7.32. The van der Waals surface area contributed by atoms with Crippen molar-refractivity contribution >= 4 is 94.1 Å². The van der Waals surface area contributed by atoms with Crippen LogP contribution in [0.2, 0.25) is 10.0 Å². The van der Waals surface area contributed by atoms with Gasteiger partial charge in [-0.1, -0.05) is 127 Å². The van der Waals surface area contributed by atoms with Crippen LogP contribution in [0.5, 0.6) is 0 Å². The lowest BCUT2D eigenvalue weighted by atomic mass is 9.84. The van der Waals surface area contributed by atoms with Gasteiger partial charge in [0.15, 0.2) is 0 Å². The summed E-state index contributed by atoms with van der Waals surface area (Å²) >= 11 is 13.0. The molecule has 4 fully saturated rings. The first-order valence-electron chi connectivity index (χ1n) is 35.3. The van der Waals surface area contributed by atoms with Crippen LogP contribution in [0.4, 0.5) is 13.2 Å². The van der Waals surface area contributed by atoms with E-state index in [1.165, 1.54) is 79.2 Å². The lowest BCUT2D eigenvalue weighted by Crippen LogP contribution is -2.65. The van der Waals surface area contributed by atoms with Crippen LogP contribution in [-0.2, 0) is 76.6 Å². The standard InChI is InChI=1S/C72H105Cl2F3N12O12/c1-14-45(4)61-68(99)83(8)42-59(92)81(6)43-60(93)85(10)55(38-47-25-17-15-18-26-47)66(97)82(7)41-57(90)78-53(32-30-48-29-31-50(52(74)37-48)72(75,76)77)65(96)86(11)54(39-49-27-19-20-28-51(49)73)64(95)80-71(33-21-22-34-71)70(101)88(13)62(44(2)3)69(100)87(12)56(67(98)89-35-23-16-24-36-89)40-58(91)84(9)46(5)63(94)79-61/h19-20,27-29,31,37,44-47,53-56,61-62H,14-18,21-26,30,32-36,38-43H2,1-13H3,(H,78,90)(H,79,94)(H,80,95)/t45-,46-,53-,54-,55-,56-,61-,62-/m0/s1. The Morgan fingerprint density at radius 3 is 1.82 bits per heavy atom. The highest BCUT2D eigenvalue weighted by Gasteiger charge is 2.50. The molecule has 560 valence electrons. The molecule has 2 saturated heterocycles. The topological polar surface area (TPSA) is 270 Å². The molecule has 2 aromatic rings.